The Morgan fingerprint density at radius 3 is 2.24 bits per heavy atom. The van der Waals surface area contributed by atoms with Crippen LogP contribution in [-0.4, -0.2) is 26.8 Å². The van der Waals surface area contributed by atoms with Crippen LogP contribution in [0.5, 0.6) is 0 Å². The summed E-state index contributed by atoms with van der Waals surface area (Å²) in [7, 11) is -3.11. The highest BCUT2D eigenvalue weighted by Gasteiger charge is 2.37. The minimum Gasteiger partial charge on any atom is -0.311 e. The summed E-state index contributed by atoms with van der Waals surface area (Å²) in [4.78, 5) is 0. The Hall–Kier alpha value is -1.65. The lowest BCUT2D eigenvalue weighted by Gasteiger charge is -2.33. The fraction of sp³-hybridized carbons (Fsp3) is 0.294. The van der Waals surface area contributed by atoms with Gasteiger partial charge in [-0.25, -0.2) is 8.42 Å². The zero-order valence-corrected chi connectivity index (χ0v) is 12.6. The Labute approximate surface area is 125 Å². The first-order valence-corrected chi connectivity index (χ1v) is 8.92. The predicted octanol–water partition coefficient (Wildman–Crippen LogP) is 2.36. The molecule has 2 unspecified atom stereocenters. The monoisotopic (exact) mass is 301 g/mol. The van der Waals surface area contributed by atoms with Crippen molar-refractivity contribution in [3.8, 4) is 0 Å². The first-order valence-electron chi connectivity index (χ1n) is 7.21. The molecule has 3 rings (SSSR count). The van der Waals surface area contributed by atoms with Crippen molar-refractivity contribution in [3.05, 3.63) is 71.8 Å². The van der Waals surface area contributed by atoms with Gasteiger partial charge in [-0.1, -0.05) is 60.7 Å². The summed E-state index contributed by atoms with van der Waals surface area (Å²) in [6.45, 7) is 0.531. The minimum absolute atomic E-state index is 0.0754. The second kappa shape index (κ2) is 6.00. The van der Waals surface area contributed by atoms with E-state index in [0.29, 0.717) is 6.54 Å². The maximum atomic E-state index is 12.5. The van der Waals surface area contributed by atoms with E-state index in [1.165, 1.54) is 0 Å². The van der Waals surface area contributed by atoms with Crippen LogP contribution in [0.1, 0.15) is 16.4 Å². The Kier molecular flexibility index (Phi) is 4.08. The van der Waals surface area contributed by atoms with Crippen LogP contribution in [0, 0.1) is 0 Å². The van der Waals surface area contributed by atoms with Crippen molar-refractivity contribution < 1.29 is 8.42 Å². The molecule has 2 aromatic rings. The summed E-state index contributed by atoms with van der Waals surface area (Å²) in [5.41, 5.74) is 2.04. The van der Waals surface area contributed by atoms with Crippen LogP contribution in [0.25, 0.3) is 0 Å². The van der Waals surface area contributed by atoms with Crippen molar-refractivity contribution in [2.75, 3.05) is 12.3 Å². The van der Waals surface area contributed by atoms with E-state index in [2.05, 4.69) is 5.32 Å². The lowest BCUT2D eigenvalue weighted by Crippen LogP contribution is -2.48. The van der Waals surface area contributed by atoms with Crippen LogP contribution in [0.15, 0.2) is 60.7 Å². The number of benzene rings is 2. The number of sulfone groups is 1. The molecule has 110 valence electrons. The van der Waals surface area contributed by atoms with Gasteiger partial charge in [-0.05, 0) is 17.5 Å². The molecule has 0 bridgehead atoms. The van der Waals surface area contributed by atoms with Crippen molar-refractivity contribution in [1.82, 2.24) is 5.32 Å². The molecule has 4 heteroatoms. The van der Waals surface area contributed by atoms with Crippen LogP contribution in [0.2, 0.25) is 0 Å². The van der Waals surface area contributed by atoms with Gasteiger partial charge in [-0.15, -0.1) is 0 Å². The average molecular weight is 301 g/mol. The second-order valence-electron chi connectivity index (χ2n) is 5.45. The molecule has 1 heterocycles. The van der Waals surface area contributed by atoms with Gasteiger partial charge in [0.2, 0.25) is 0 Å². The van der Waals surface area contributed by atoms with Crippen LogP contribution in [-0.2, 0) is 16.3 Å². The molecule has 1 N–H and O–H groups in total. The Morgan fingerprint density at radius 2 is 1.57 bits per heavy atom. The number of hydrogen-bond acceptors (Lipinski definition) is 3. The summed E-state index contributed by atoms with van der Waals surface area (Å²) < 4.78 is 25.1. The molecule has 21 heavy (non-hydrogen) atoms. The summed E-state index contributed by atoms with van der Waals surface area (Å²) in [6, 6.07) is 19.5. The molecule has 0 aromatic heterocycles. The van der Waals surface area contributed by atoms with E-state index in [9.17, 15) is 8.42 Å². The molecule has 3 nitrogen and oxygen atoms in total. The lowest BCUT2D eigenvalue weighted by atomic mass is 9.98. The maximum Gasteiger partial charge on any atom is 0.160 e. The fourth-order valence-corrected chi connectivity index (χ4v) is 4.92. The second-order valence-corrected chi connectivity index (χ2v) is 7.69. The number of nitrogens with one attached hydrogen (secondary N) is 1. The summed E-state index contributed by atoms with van der Waals surface area (Å²) in [5.74, 6) is 0.206. The Balaban J connectivity index is 1.94. The molecule has 0 amide bonds. The molecule has 0 saturated carbocycles. The van der Waals surface area contributed by atoms with Crippen molar-refractivity contribution in [2.45, 2.75) is 17.7 Å². The SMILES string of the molecule is O=S1(=O)CCNC(Cc2ccccc2)C1c1ccccc1. The third-order valence-corrected chi connectivity index (χ3v) is 6.12. The predicted molar refractivity (Wildman–Crippen MR) is 84.9 cm³/mol. The Morgan fingerprint density at radius 1 is 0.952 bits per heavy atom. The van der Waals surface area contributed by atoms with Crippen LogP contribution < -0.4 is 5.32 Å². The van der Waals surface area contributed by atoms with Gasteiger partial charge in [-0.3, -0.25) is 0 Å². The van der Waals surface area contributed by atoms with E-state index in [0.717, 1.165) is 17.5 Å². The molecule has 0 aliphatic carbocycles. The molecule has 0 radical (unpaired) electrons. The number of rotatable bonds is 3. The van der Waals surface area contributed by atoms with Crippen LogP contribution in [0.3, 0.4) is 0 Å². The minimum atomic E-state index is -3.11. The van der Waals surface area contributed by atoms with E-state index in [-0.39, 0.29) is 11.8 Å². The number of hydrogen-bond donors (Lipinski definition) is 1. The zero-order valence-electron chi connectivity index (χ0n) is 11.8. The highest BCUT2D eigenvalue weighted by atomic mass is 32.2. The Bertz CT molecular complexity index is 683. The first-order chi connectivity index (χ1) is 10.2. The molecular weight excluding hydrogens is 282 g/mol. The van der Waals surface area contributed by atoms with Crippen molar-refractivity contribution in [1.29, 1.82) is 0 Å². The summed E-state index contributed by atoms with van der Waals surface area (Å²) in [6.07, 6.45) is 0.722. The third kappa shape index (κ3) is 3.17. The molecule has 1 fully saturated rings. The van der Waals surface area contributed by atoms with Gasteiger partial charge in [0.05, 0.1) is 5.75 Å². The molecule has 2 atom stereocenters. The van der Waals surface area contributed by atoms with Gasteiger partial charge < -0.3 is 5.32 Å². The highest BCUT2D eigenvalue weighted by Crippen LogP contribution is 2.31. The lowest BCUT2D eigenvalue weighted by molar-refractivity contribution is 0.461. The van der Waals surface area contributed by atoms with Gasteiger partial charge in [0.1, 0.15) is 5.25 Å². The molecule has 2 aromatic carbocycles. The van der Waals surface area contributed by atoms with E-state index in [4.69, 9.17) is 0 Å². The van der Waals surface area contributed by atoms with Gasteiger partial charge in [0, 0.05) is 12.6 Å². The highest BCUT2D eigenvalue weighted by molar-refractivity contribution is 7.91. The smallest absolute Gasteiger partial charge is 0.160 e. The van der Waals surface area contributed by atoms with E-state index in [1.54, 1.807) is 0 Å². The van der Waals surface area contributed by atoms with Crippen LogP contribution in [0.4, 0.5) is 0 Å². The zero-order chi connectivity index (χ0) is 14.7. The first kappa shape index (κ1) is 14.3. The normalized spacial score (nSPS) is 24.6. The van der Waals surface area contributed by atoms with Gasteiger partial charge >= 0.3 is 0 Å². The molecule has 1 saturated heterocycles. The molecule has 1 aliphatic rings. The van der Waals surface area contributed by atoms with Gasteiger partial charge in [-0.2, -0.15) is 0 Å². The van der Waals surface area contributed by atoms with Gasteiger partial charge in [0.15, 0.2) is 9.84 Å². The summed E-state index contributed by atoms with van der Waals surface area (Å²) in [5, 5.41) is 2.93. The molecule has 1 aliphatic heterocycles. The van der Waals surface area contributed by atoms with Crippen LogP contribution >= 0.6 is 0 Å². The maximum absolute atomic E-state index is 12.5. The standard InChI is InChI=1S/C17H19NO2S/c19-21(20)12-11-18-16(13-14-7-3-1-4-8-14)17(21)15-9-5-2-6-10-15/h1-10,16-18H,11-13H2. The van der Waals surface area contributed by atoms with E-state index < -0.39 is 15.1 Å². The topological polar surface area (TPSA) is 46.2 Å². The van der Waals surface area contributed by atoms with E-state index >= 15 is 0 Å². The summed E-state index contributed by atoms with van der Waals surface area (Å²) >= 11 is 0. The molecular formula is C17H19NO2S. The van der Waals surface area contributed by atoms with Gasteiger partial charge in [0.25, 0.3) is 0 Å². The van der Waals surface area contributed by atoms with Crippen molar-refractivity contribution in [2.24, 2.45) is 0 Å². The van der Waals surface area contributed by atoms with Crippen molar-refractivity contribution >= 4 is 9.84 Å². The fourth-order valence-electron chi connectivity index (χ4n) is 3.00. The quantitative estimate of drug-likeness (QED) is 0.946. The molecule has 0 spiro atoms. The third-order valence-electron chi connectivity index (χ3n) is 3.97. The van der Waals surface area contributed by atoms with Crippen molar-refractivity contribution in [3.63, 3.8) is 0 Å². The largest absolute Gasteiger partial charge is 0.311 e. The van der Waals surface area contributed by atoms with E-state index in [1.807, 2.05) is 60.7 Å². The average Bonchev–Trinajstić information content (AvgIpc) is 2.48.